The molecule has 0 radical (unpaired) electrons. The highest BCUT2D eigenvalue weighted by atomic mass is 32.2. The number of fused-ring (bicyclic) bond motifs is 1. The number of benzene rings is 2. The number of aromatic nitrogens is 2. The number of hydrogen-bond donors (Lipinski definition) is 2. The number of anilines is 1. The van der Waals surface area contributed by atoms with Gasteiger partial charge in [0.1, 0.15) is 0 Å². The van der Waals surface area contributed by atoms with Gasteiger partial charge >= 0.3 is 5.76 Å². The number of carbonyl (C=O) groups excluding carboxylic acids is 1. The highest BCUT2D eigenvalue weighted by molar-refractivity contribution is 7.98. The van der Waals surface area contributed by atoms with Gasteiger partial charge in [-0.25, -0.2) is 9.78 Å². The molecule has 2 heterocycles. The zero-order valence-corrected chi connectivity index (χ0v) is 15.0. The number of nitrogens with one attached hydrogen (secondary N) is 2. The second kappa shape index (κ2) is 7.19. The third-order valence-electron chi connectivity index (χ3n) is 3.67. The van der Waals surface area contributed by atoms with Gasteiger partial charge in [-0.15, -0.1) is 23.1 Å². The van der Waals surface area contributed by atoms with Crippen LogP contribution in [0.4, 0.5) is 5.69 Å². The highest BCUT2D eigenvalue weighted by Gasteiger charge is 2.13. The van der Waals surface area contributed by atoms with Gasteiger partial charge in [0.15, 0.2) is 5.58 Å². The number of H-pyrrole nitrogens is 1. The van der Waals surface area contributed by atoms with Gasteiger partial charge in [-0.1, -0.05) is 12.1 Å². The minimum atomic E-state index is -0.521. The third-order valence-corrected chi connectivity index (χ3v) is 5.41. The van der Waals surface area contributed by atoms with E-state index < -0.39 is 5.76 Å². The molecular weight excluding hydrogens is 370 g/mol. The fourth-order valence-corrected chi connectivity index (χ4v) is 4.08. The quantitative estimate of drug-likeness (QED) is 0.506. The van der Waals surface area contributed by atoms with Crippen LogP contribution in [0.1, 0.15) is 16.1 Å². The Morgan fingerprint density at radius 2 is 2.15 bits per heavy atom. The normalized spacial score (nSPS) is 10.9. The van der Waals surface area contributed by atoms with E-state index in [2.05, 4.69) is 15.3 Å². The lowest BCUT2D eigenvalue weighted by molar-refractivity contribution is 0.102. The van der Waals surface area contributed by atoms with Crippen LogP contribution in [0.2, 0.25) is 0 Å². The molecule has 0 fully saturated rings. The second-order valence-corrected chi connectivity index (χ2v) is 7.18. The number of aromatic amines is 1. The van der Waals surface area contributed by atoms with Gasteiger partial charge in [0, 0.05) is 21.7 Å². The second-order valence-electron chi connectivity index (χ2n) is 5.44. The summed E-state index contributed by atoms with van der Waals surface area (Å²) in [6.07, 6.45) is 0. The Kier molecular flexibility index (Phi) is 4.59. The van der Waals surface area contributed by atoms with Crippen LogP contribution < -0.4 is 11.1 Å². The Morgan fingerprint density at radius 3 is 3.00 bits per heavy atom. The zero-order chi connectivity index (χ0) is 17.9. The summed E-state index contributed by atoms with van der Waals surface area (Å²) in [5.41, 5.74) is 4.95. The number of thiazole rings is 1. The number of thioether (sulfide) groups is 1. The summed E-state index contributed by atoms with van der Waals surface area (Å²) in [5, 5.41) is 4.86. The zero-order valence-electron chi connectivity index (χ0n) is 13.4. The average molecular weight is 383 g/mol. The fraction of sp³-hybridized carbons (Fsp3) is 0.0556. The summed E-state index contributed by atoms with van der Waals surface area (Å²) in [5.74, 6) is -0.0282. The topological polar surface area (TPSA) is 88.0 Å². The Hall–Kier alpha value is -2.84. The number of hydrogen-bond acceptors (Lipinski definition) is 6. The molecule has 0 bridgehead atoms. The van der Waals surface area contributed by atoms with Gasteiger partial charge in [0.25, 0.3) is 5.91 Å². The molecule has 0 spiro atoms. The van der Waals surface area contributed by atoms with E-state index >= 15 is 0 Å². The number of carbonyl (C=O) groups is 1. The van der Waals surface area contributed by atoms with E-state index in [4.69, 9.17) is 4.42 Å². The molecule has 6 nitrogen and oxygen atoms in total. The molecule has 0 aliphatic heterocycles. The van der Waals surface area contributed by atoms with Crippen LogP contribution in [-0.2, 0) is 5.75 Å². The van der Waals surface area contributed by atoms with E-state index in [-0.39, 0.29) is 5.91 Å². The maximum absolute atomic E-state index is 12.7. The Morgan fingerprint density at radius 1 is 1.27 bits per heavy atom. The number of rotatable bonds is 5. The van der Waals surface area contributed by atoms with Crippen LogP contribution in [0.25, 0.3) is 11.1 Å². The molecule has 0 atom stereocenters. The molecule has 2 N–H and O–H groups in total. The van der Waals surface area contributed by atoms with E-state index in [1.807, 2.05) is 23.6 Å². The molecule has 4 rings (SSSR count). The molecule has 8 heteroatoms. The number of oxazole rings is 1. The molecule has 0 aliphatic rings. The van der Waals surface area contributed by atoms with Gasteiger partial charge in [-0.2, -0.15) is 0 Å². The molecule has 1 amide bonds. The van der Waals surface area contributed by atoms with Gasteiger partial charge in [-0.05, 0) is 30.3 Å². The van der Waals surface area contributed by atoms with Gasteiger partial charge in [-0.3, -0.25) is 9.78 Å². The van der Waals surface area contributed by atoms with Crippen LogP contribution in [0, 0.1) is 0 Å². The third kappa shape index (κ3) is 3.56. The molecule has 0 aliphatic carbocycles. The maximum Gasteiger partial charge on any atom is 0.417 e. The fourth-order valence-electron chi connectivity index (χ4n) is 2.47. The molecule has 4 aromatic rings. The molecule has 0 unspecified atom stereocenters. The Labute approximate surface area is 156 Å². The first-order chi connectivity index (χ1) is 12.7. The van der Waals surface area contributed by atoms with Crippen molar-refractivity contribution in [2.75, 3.05) is 5.32 Å². The summed E-state index contributed by atoms with van der Waals surface area (Å²) < 4.78 is 4.97. The van der Waals surface area contributed by atoms with E-state index in [0.29, 0.717) is 28.1 Å². The predicted molar refractivity (Wildman–Crippen MR) is 103 cm³/mol. The lowest BCUT2D eigenvalue weighted by Gasteiger charge is -2.09. The summed E-state index contributed by atoms with van der Waals surface area (Å²) in [6, 6.07) is 12.5. The van der Waals surface area contributed by atoms with E-state index in [0.717, 1.165) is 10.6 Å². The van der Waals surface area contributed by atoms with Crippen molar-refractivity contribution in [2.24, 2.45) is 0 Å². The average Bonchev–Trinajstić information content (AvgIpc) is 3.28. The van der Waals surface area contributed by atoms with Gasteiger partial charge < -0.3 is 9.73 Å². The maximum atomic E-state index is 12.7. The smallest absolute Gasteiger partial charge is 0.408 e. The van der Waals surface area contributed by atoms with Gasteiger partial charge in [0.2, 0.25) is 0 Å². The SMILES string of the molecule is O=C(Nc1ccc2oc(=O)[nH]c2c1)c1ccccc1SCc1cscn1. The first-order valence-electron chi connectivity index (χ1n) is 7.72. The van der Waals surface area contributed by atoms with E-state index in [1.165, 1.54) is 0 Å². The summed E-state index contributed by atoms with van der Waals surface area (Å²) in [6.45, 7) is 0. The van der Waals surface area contributed by atoms with Crippen LogP contribution in [0.5, 0.6) is 0 Å². The molecule has 0 saturated heterocycles. The van der Waals surface area contributed by atoms with Gasteiger partial charge in [0.05, 0.1) is 22.3 Å². The van der Waals surface area contributed by atoms with Crippen LogP contribution in [0.15, 0.2) is 67.5 Å². The monoisotopic (exact) mass is 383 g/mol. The largest absolute Gasteiger partial charge is 0.417 e. The van der Waals surface area contributed by atoms with Crippen molar-refractivity contribution >= 4 is 45.8 Å². The molecule has 2 aromatic carbocycles. The van der Waals surface area contributed by atoms with Crippen molar-refractivity contribution in [3.63, 3.8) is 0 Å². The van der Waals surface area contributed by atoms with Crippen molar-refractivity contribution in [1.29, 1.82) is 0 Å². The molecule has 130 valence electrons. The van der Waals surface area contributed by atoms with Crippen LogP contribution in [-0.4, -0.2) is 15.9 Å². The molecule has 2 aromatic heterocycles. The van der Waals surface area contributed by atoms with Crippen molar-refractivity contribution in [1.82, 2.24) is 9.97 Å². The van der Waals surface area contributed by atoms with E-state index in [1.54, 1.807) is 52.9 Å². The van der Waals surface area contributed by atoms with Crippen molar-refractivity contribution in [3.05, 3.63) is 75.2 Å². The minimum Gasteiger partial charge on any atom is -0.408 e. The van der Waals surface area contributed by atoms with Crippen LogP contribution >= 0.6 is 23.1 Å². The lowest BCUT2D eigenvalue weighted by atomic mass is 10.2. The van der Waals surface area contributed by atoms with Crippen molar-refractivity contribution in [2.45, 2.75) is 10.6 Å². The highest BCUT2D eigenvalue weighted by Crippen LogP contribution is 2.27. The van der Waals surface area contributed by atoms with E-state index in [9.17, 15) is 9.59 Å². The summed E-state index contributed by atoms with van der Waals surface area (Å²) in [7, 11) is 0. The molecule has 26 heavy (non-hydrogen) atoms. The molecular formula is C18H13N3O3S2. The van der Waals surface area contributed by atoms with Crippen molar-refractivity contribution < 1.29 is 9.21 Å². The van der Waals surface area contributed by atoms with Crippen molar-refractivity contribution in [3.8, 4) is 0 Å². The lowest BCUT2D eigenvalue weighted by Crippen LogP contribution is -2.13. The predicted octanol–water partition coefficient (Wildman–Crippen LogP) is 4.12. The first-order valence-corrected chi connectivity index (χ1v) is 9.65. The number of amides is 1. The molecule has 0 saturated carbocycles. The summed E-state index contributed by atoms with van der Waals surface area (Å²) >= 11 is 3.12. The van der Waals surface area contributed by atoms with Crippen LogP contribution in [0.3, 0.4) is 0 Å². The summed E-state index contributed by atoms with van der Waals surface area (Å²) in [4.78, 5) is 31.7. The Bertz CT molecular complexity index is 1120. The standard InChI is InChI=1S/C18H13N3O3S2/c22-17(20-11-5-6-15-14(7-11)21-18(23)24-15)13-3-1-2-4-16(13)26-9-12-8-25-10-19-12/h1-8,10H,9H2,(H,20,22)(H,21,23). The first kappa shape index (κ1) is 16.6. The minimum absolute atomic E-state index is 0.212. The number of nitrogens with zero attached hydrogens (tertiary/aromatic N) is 1. The Balaban J connectivity index is 1.54.